The van der Waals surface area contributed by atoms with Gasteiger partial charge in [-0.2, -0.15) is 0 Å². The van der Waals surface area contributed by atoms with Crippen LogP contribution in [0.4, 0.5) is 0 Å². The number of fused-ring (bicyclic) bond motifs is 2. The van der Waals surface area contributed by atoms with E-state index in [1.54, 1.807) is 0 Å². The van der Waals surface area contributed by atoms with Gasteiger partial charge >= 0.3 is 0 Å². The van der Waals surface area contributed by atoms with Crippen molar-refractivity contribution in [3.05, 3.63) is 0 Å². The van der Waals surface area contributed by atoms with Crippen LogP contribution in [0, 0.1) is 23.7 Å². The van der Waals surface area contributed by atoms with Crippen molar-refractivity contribution < 1.29 is 5.11 Å². The Bertz CT molecular complexity index is 228. The molecule has 0 aromatic heterocycles. The van der Waals surface area contributed by atoms with Crippen LogP contribution in [-0.2, 0) is 0 Å². The summed E-state index contributed by atoms with van der Waals surface area (Å²) in [5.74, 6) is 6.05. The molecular weight excluding hydrogens is 224 g/mol. The van der Waals surface area contributed by atoms with Crippen molar-refractivity contribution in [1.29, 1.82) is 0 Å². The fraction of sp³-hybridized carbons (Fsp3) is 1.00. The average molecular weight is 244 g/mol. The van der Waals surface area contributed by atoms with Crippen molar-refractivity contribution >= 4 is 23.5 Å². The monoisotopic (exact) mass is 244 g/mol. The van der Waals surface area contributed by atoms with Crippen molar-refractivity contribution in [3.8, 4) is 0 Å². The van der Waals surface area contributed by atoms with Crippen LogP contribution < -0.4 is 0 Å². The standard InChI is InChI=1S/C12H20OS2/c13-7-11-9-2-1-8(5-9)10(11)6-12-14-3-4-15-12/h8-13H,1-7H2/t8-,9+,10-,11+/m1/s1. The molecule has 0 unspecified atom stereocenters. The van der Waals surface area contributed by atoms with Crippen LogP contribution in [0.25, 0.3) is 0 Å². The molecule has 86 valence electrons. The van der Waals surface area contributed by atoms with Gasteiger partial charge in [-0.25, -0.2) is 0 Å². The van der Waals surface area contributed by atoms with Crippen molar-refractivity contribution in [3.63, 3.8) is 0 Å². The number of thioether (sulfide) groups is 2. The van der Waals surface area contributed by atoms with Gasteiger partial charge in [0.2, 0.25) is 0 Å². The Morgan fingerprint density at radius 1 is 1.00 bits per heavy atom. The lowest BCUT2D eigenvalue weighted by molar-refractivity contribution is 0.122. The summed E-state index contributed by atoms with van der Waals surface area (Å²) in [6.07, 6.45) is 5.66. The zero-order valence-corrected chi connectivity index (χ0v) is 10.7. The molecule has 3 rings (SSSR count). The van der Waals surface area contributed by atoms with Gasteiger partial charge in [-0.05, 0) is 49.4 Å². The average Bonchev–Trinajstić information content (AvgIpc) is 2.91. The van der Waals surface area contributed by atoms with E-state index in [1.807, 2.05) is 0 Å². The molecule has 0 aromatic rings. The van der Waals surface area contributed by atoms with Gasteiger partial charge in [-0.3, -0.25) is 0 Å². The molecule has 0 spiro atoms. The van der Waals surface area contributed by atoms with E-state index in [-0.39, 0.29) is 0 Å². The third-order valence-electron chi connectivity index (χ3n) is 4.64. The SMILES string of the molecule is OC[C@H]1[C@H]2CC[C@H](C2)[C@H]1CC1SCCS1. The second-order valence-electron chi connectivity index (χ2n) is 5.25. The van der Waals surface area contributed by atoms with Crippen molar-refractivity contribution in [2.75, 3.05) is 18.1 Å². The number of hydrogen-bond acceptors (Lipinski definition) is 3. The van der Waals surface area contributed by atoms with E-state index in [0.717, 1.165) is 22.3 Å². The zero-order chi connectivity index (χ0) is 10.3. The van der Waals surface area contributed by atoms with E-state index >= 15 is 0 Å². The van der Waals surface area contributed by atoms with E-state index in [1.165, 1.54) is 37.2 Å². The summed E-state index contributed by atoms with van der Waals surface area (Å²) >= 11 is 4.30. The topological polar surface area (TPSA) is 20.2 Å². The van der Waals surface area contributed by atoms with Crippen LogP contribution in [0.15, 0.2) is 0 Å². The molecular formula is C12H20OS2. The highest BCUT2D eigenvalue weighted by Crippen LogP contribution is 2.55. The molecule has 1 saturated heterocycles. The Balaban J connectivity index is 1.63. The summed E-state index contributed by atoms with van der Waals surface area (Å²) in [6, 6.07) is 0. The predicted octanol–water partition coefficient (Wildman–Crippen LogP) is 2.84. The third kappa shape index (κ3) is 1.96. The first-order valence-corrected chi connectivity index (χ1v) is 8.32. The molecule has 2 bridgehead atoms. The van der Waals surface area contributed by atoms with Crippen LogP contribution in [-0.4, -0.2) is 27.8 Å². The Hall–Kier alpha value is 0.660. The second kappa shape index (κ2) is 4.50. The number of rotatable bonds is 3. The Morgan fingerprint density at radius 2 is 1.67 bits per heavy atom. The molecule has 0 amide bonds. The van der Waals surface area contributed by atoms with E-state index in [0.29, 0.717) is 12.5 Å². The van der Waals surface area contributed by atoms with Gasteiger partial charge in [-0.15, -0.1) is 23.5 Å². The molecule has 0 aromatic carbocycles. The number of hydrogen-bond donors (Lipinski definition) is 1. The minimum atomic E-state index is 0.452. The minimum Gasteiger partial charge on any atom is -0.396 e. The smallest absolute Gasteiger partial charge is 0.0505 e. The highest BCUT2D eigenvalue weighted by atomic mass is 32.2. The normalized spacial score (nSPS) is 45.4. The van der Waals surface area contributed by atoms with Crippen molar-refractivity contribution in [1.82, 2.24) is 0 Å². The highest BCUT2D eigenvalue weighted by molar-refractivity contribution is 8.20. The van der Waals surface area contributed by atoms with Gasteiger partial charge in [0.25, 0.3) is 0 Å². The molecule has 3 heteroatoms. The molecule has 2 aliphatic carbocycles. The van der Waals surface area contributed by atoms with Crippen LogP contribution >= 0.6 is 23.5 Å². The fourth-order valence-corrected chi connectivity index (χ4v) is 6.92. The largest absolute Gasteiger partial charge is 0.396 e. The zero-order valence-electron chi connectivity index (χ0n) is 9.10. The maximum Gasteiger partial charge on any atom is 0.0505 e. The molecule has 4 atom stereocenters. The molecule has 1 N–H and O–H groups in total. The molecule has 3 fully saturated rings. The lowest BCUT2D eigenvalue weighted by Crippen LogP contribution is -2.27. The highest BCUT2D eigenvalue weighted by Gasteiger charge is 2.47. The first-order chi connectivity index (χ1) is 7.38. The molecule has 2 saturated carbocycles. The predicted molar refractivity (Wildman–Crippen MR) is 68.2 cm³/mol. The van der Waals surface area contributed by atoms with Crippen LogP contribution in [0.2, 0.25) is 0 Å². The van der Waals surface area contributed by atoms with E-state index in [2.05, 4.69) is 23.5 Å². The maximum atomic E-state index is 9.52. The van der Waals surface area contributed by atoms with Gasteiger partial charge in [0.15, 0.2) is 0 Å². The van der Waals surface area contributed by atoms with Gasteiger partial charge in [0, 0.05) is 18.1 Å². The summed E-state index contributed by atoms with van der Waals surface area (Å²) in [4.78, 5) is 0. The van der Waals surface area contributed by atoms with E-state index in [4.69, 9.17) is 0 Å². The van der Waals surface area contributed by atoms with Gasteiger partial charge in [0.1, 0.15) is 0 Å². The molecule has 3 aliphatic rings. The molecule has 0 radical (unpaired) electrons. The van der Waals surface area contributed by atoms with E-state index in [9.17, 15) is 5.11 Å². The molecule has 1 heterocycles. The summed E-state index contributed by atoms with van der Waals surface area (Å²) in [6.45, 7) is 0.452. The Morgan fingerprint density at radius 3 is 2.33 bits per heavy atom. The van der Waals surface area contributed by atoms with E-state index < -0.39 is 0 Å². The maximum absolute atomic E-state index is 9.52. The third-order valence-corrected chi connectivity index (χ3v) is 7.72. The summed E-state index contributed by atoms with van der Waals surface area (Å²) in [5, 5.41) is 9.52. The fourth-order valence-electron chi connectivity index (χ4n) is 3.95. The summed E-state index contributed by atoms with van der Waals surface area (Å²) in [7, 11) is 0. The first-order valence-electron chi connectivity index (χ1n) is 6.22. The van der Waals surface area contributed by atoms with Crippen LogP contribution in [0.3, 0.4) is 0 Å². The van der Waals surface area contributed by atoms with Crippen LogP contribution in [0.1, 0.15) is 25.7 Å². The molecule has 1 aliphatic heterocycles. The Kier molecular flexibility index (Phi) is 3.24. The molecule has 1 nitrogen and oxygen atoms in total. The lowest BCUT2D eigenvalue weighted by atomic mass is 9.78. The lowest BCUT2D eigenvalue weighted by Gasteiger charge is -2.31. The van der Waals surface area contributed by atoms with Crippen molar-refractivity contribution in [2.24, 2.45) is 23.7 Å². The number of aliphatic hydroxyl groups is 1. The van der Waals surface area contributed by atoms with Gasteiger partial charge in [0.05, 0.1) is 4.58 Å². The van der Waals surface area contributed by atoms with Crippen molar-refractivity contribution in [2.45, 2.75) is 30.3 Å². The van der Waals surface area contributed by atoms with Gasteiger partial charge in [-0.1, -0.05) is 0 Å². The Labute approximate surface area is 101 Å². The molecule has 15 heavy (non-hydrogen) atoms. The summed E-state index contributed by atoms with van der Waals surface area (Å²) in [5.41, 5.74) is 0. The quantitative estimate of drug-likeness (QED) is 0.824. The number of aliphatic hydroxyl groups excluding tert-OH is 1. The minimum absolute atomic E-state index is 0.452. The second-order valence-corrected chi connectivity index (χ2v) is 8.17. The first kappa shape index (κ1) is 10.8. The van der Waals surface area contributed by atoms with Crippen LogP contribution in [0.5, 0.6) is 0 Å². The summed E-state index contributed by atoms with van der Waals surface area (Å²) < 4.78 is 0.850. The van der Waals surface area contributed by atoms with Gasteiger partial charge < -0.3 is 5.11 Å².